The quantitative estimate of drug-likeness (QED) is 0.141. The number of hydrazone groups is 1. The maximum atomic E-state index is 12.6. The maximum absolute atomic E-state index is 12.6. The number of hydrogen-bond donors (Lipinski definition) is 1. The predicted molar refractivity (Wildman–Crippen MR) is 140 cm³/mol. The second-order valence-corrected chi connectivity index (χ2v) is 8.82. The lowest BCUT2D eigenvalue weighted by molar-refractivity contribution is -0.384. The molecule has 0 aliphatic rings. The number of non-ortho nitro benzene ring substituents is 1. The van der Waals surface area contributed by atoms with Crippen LogP contribution < -0.4 is 10.2 Å². The molecule has 1 aromatic heterocycles. The molecule has 5 rings (SSSR count). The fourth-order valence-electron chi connectivity index (χ4n) is 3.75. The Labute approximate surface area is 213 Å². The van der Waals surface area contributed by atoms with Crippen molar-refractivity contribution < 1.29 is 18.9 Å². The maximum Gasteiger partial charge on any atom is 0.307 e. The van der Waals surface area contributed by atoms with Gasteiger partial charge in [-0.1, -0.05) is 46.3 Å². The van der Waals surface area contributed by atoms with E-state index >= 15 is 0 Å². The fraction of sp³-hybridized carbons (Fsp3) is 0.0370. The highest BCUT2D eigenvalue weighted by molar-refractivity contribution is 9.10. The zero-order chi connectivity index (χ0) is 25.1. The molecule has 0 radical (unpaired) electrons. The molecule has 0 saturated carbocycles. The van der Waals surface area contributed by atoms with Gasteiger partial charge in [-0.05, 0) is 58.8 Å². The molecule has 1 heterocycles. The Morgan fingerprint density at radius 1 is 1.03 bits per heavy atom. The summed E-state index contributed by atoms with van der Waals surface area (Å²) in [5.41, 5.74) is 4.59. The van der Waals surface area contributed by atoms with E-state index < -0.39 is 10.8 Å². The first-order valence-electron chi connectivity index (χ1n) is 10.9. The van der Waals surface area contributed by atoms with Crippen LogP contribution in [-0.4, -0.2) is 17.0 Å². The summed E-state index contributed by atoms with van der Waals surface area (Å²) in [6.07, 6.45) is 1.53. The van der Waals surface area contributed by atoms with E-state index in [-0.39, 0.29) is 18.1 Å². The second-order valence-electron chi connectivity index (χ2n) is 7.90. The molecule has 0 aliphatic heterocycles. The normalized spacial score (nSPS) is 11.2. The second kappa shape index (κ2) is 10.0. The van der Waals surface area contributed by atoms with Crippen LogP contribution in [0.15, 0.2) is 98.9 Å². The van der Waals surface area contributed by atoms with Gasteiger partial charge in [-0.25, -0.2) is 5.43 Å². The van der Waals surface area contributed by atoms with Crippen molar-refractivity contribution in [2.45, 2.75) is 6.61 Å². The minimum absolute atomic E-state index is 0.0186. The third-order valence-corrected chi connectivity index (χ3v) is 6.03. The first-order valence-corrected chi connectivity index (χ1v) is 11.7. The number of fused-ring (bicyclic) bond motifs is 2. The highest BCUT2D eigenvalue weighted by Gasteiger charge is 2.13. The van der Waals surface area contributed by atoms with Crippen LogP contribution in [-0.2, 0) is 6.61 Å². The van der Waals surface area contributed by atoms with Crippen LogP contribution in [0, 0.1) is 10.1 Å². The van der Waals surface area contributed by atoms with Crippen molar-refractivity contribution >= 4 is 55.5 Å². The average molecular weight is 544 g/mol. The summed E-state index contributed by atoms with van der Waals surface area (Å²) in [6, 6.07) is 24.8. The molecular formula is C27H18BrN3O5. The SMILES string of the molecule is O=C(N/N=C/c1c(OCc2ccc([N+](=O)[O-])cc2)ccc2ccccc12)c1cc2cc(Br)ccc2o1. The monoisotopic (exact) mass is 543 g/mol. The van der Waals surface area contributed by atoms with Gasteiger partial charge >= 0.3 is 5.91 Å². The molecule has 0 bridgehead atoms. The van der Waals surface area contributed by atoms with Gasteiger partial charge in [0.1, 0.15) is 17.9 Å². The number of hydrogen-bond acceptors (Lipinski definition) is 6. The zero-order valence-corrected chi connectivity index (χ0v) is 20.3. The number of nitro benzene ring substituents is 1. The molecule has 0 unspecified atom stereocenters. The topological polar surface area (TPSA) is 107 Å². The van der Waals surface area contributed by atoms with E-state index in [0.717, 1.165) is 26.2 Å². The third-order valence-electron chi connectivity index (χ3n) is 5.53. The van der Waals surface area contributed by atoms with Crippen molar-refractivity contribution in [2.24, 2.45) is 5.10 Å². The van der Waals surface area contributed by atoms with Crippen LogP contribution in [0.2, 0.25) is 0 Å². The van der Waals surface area contributed by atoms with Gasteiger partial charge in [-0.2, -0.15) is 5.10 Å². The molecule has 4 aromatic carbocycles. The number of benzene rings is 4. The van der Waals surface area contributed by atoms with Crippen LogP contribution in [0.4, 0.5) is 5.69 Å². The van der Waals surface area contributed by atoms with Crippen molar-refractivity contribution in [3.8, 4) is 5.75 Å². The Morgan fingerprint density at radius 3 is 2.64 bits per heavy atom. The predicted octanol–water partition coefficient (Wildman–Crippen LogP) is 6.60. The third kappa shape index (κ3) is 4.96. The molecule has 1 amide bonds. The number of nitrogens with zero attached hydrogens (tertiary/aromatic N) is 2. The van der Waals surface area contributed by atoms with E-state index in [1.54, 1.807) is 24.3 Å². The number of amides is 1. The molecule has 8 nitrogen and oxygen atoms in total. The van der Waals surface area contributed by atoms with Crippen molar-refractivity contribution in [1.82, 2.24) is 5.43 Å². The van der Waals surface area contributed by atoms with Crippen LogP contribution in [0.1, 0.15) is 21.7 Å². The van der Waals surface area contributed by atoms with E-state index in [1.165, 1.54) is 18.3 Å². The van der Waals surface area contributed by atoms with E-state index in [1.807, 2.05) is 48.5 Å². The number of furan rings is 1. The molecule has 5 aromatic rings. The number of halogens is 1. The first-order chi connectivity index (χ1) is 17.5. The number of rotatable bonds is 7. The summed E-state index contributed by atoms with van der Waals surface area (Å²) in [6.45, 7) is 0.206. The summed E-state index contributed by atoms with van der Waals surface area (Å²) in [5, 5.41) is 17.7. The highest BCUT2D eigenvalue weighted by Crippen LogP contribution is 2.28. The van der Waals surface area contributed by atoms with Crippen LogP contribution in [0.5, 0.6) is 5.75 Å². The standard InChI is InChI=1S/C27H18BrN3O5/c28-20-8-12-24-19(13-20)14-26(36-24)27(32)30-29-15-23-22-4-2-1-3-18(22)7-11-25(23)35-16-17-5-9-21(10-6-17)31(33)34/h1-15H,16H2,(H,30,32)/b29-15+. The Morgan fingerprint density at radius 2 is 1.83 bits per heavy atom. The highest BCUT2D eigenvalue weighted by atomic mass is 79.9. The Kier molecular flexibility index (Phi) is 6.46. The number of carbonyl (C=O) groups is 1. The van der Waals surface area contributed by atoms with Crippen molar-refractivity contribution in [3.63, 3.8) is 0 Å². The van der Waals surface area contributed by atoms with Crippen molar-refractivity contribution in [2.75, 3.05) is 0 Å². The smallest absolute Gasteiger partial charge is 0.307 e. The van der Waals surface area contributed by atoms with Crippen LogP contribution in [0.25, 0.3) is 21.7 Å². The summed E-state index contributed by atoms with van der Waals surface area (Å²) in [4.78, 5) is 23.1. The summed E-state index contributed by atoms with van der Waals surface area (Å²) in [7, 11) is 0. The number of nitrogens with one attached hydrogen (secondary N) is 1. The fourth-order valence-corrected chi connectivity index (χ4v) is 4.13. The minimum atomic E-state index is -0.479. The van der Waals surface area contributed by atoms with Gasteiger partial charge in [-0.3, -0.25) is 14.9 Å². The number of nitro groups is 1. The van der Waals surface area contributed by atoms with E-state index in [2.05, 4.69) is 26.5 Å². The largest absolute Gasteiger partial charge is 0.488 e. The Hall–Kier alpha value is -4.50. The van der Waals surface area contributed by atoms with E-state index in [4.69, 9.17) is 9.15 Å². The lowest BCUT2D eigenvalue weighted by Gasteiger charge is -2.12. The van der Waals surface area contributed by atoms with Crippen LogP contribution in [0.3, 0.4) is 0 Å². The van der Waals surface area contributed by atoms with Gasteiger partial charge in [-0.15, -0.1) is 0 Å². The molecule has 0 aliphatic carbocycles. The molecule has 0 fully saturated rings. The zero-order valence-electron chi connectivity index (χ0n) is 18.7. The van der Waals surface area contributed by atoms with Gasteiger partial charge in [0.25, 0.3) is 5.69 Å². The lowest BCUT2D eigenvalue weighted by atomic mass is 10.0. The van der Waals surface area contributed by atoms with Crippen LogP contribution >= 0.6 is 15.9 Å². The molecule has 178 valence electrons. The van der Waals surface area contributed by atoms with Crippen molar-refractivity contribution in [3.05, 3.63) is 116 Å². The summed E-state index contributed by atoms with van der Waals surface area (Å²) >= 11 is 3.40. The minimum Gasteiger partial charge on any atom is -0.488 e. The average Bonchev–Trinajstić information content (AvgIpc) is 3.31. The van der Waals surface area contributed by atoms with Gasteiger partial charge < -0.3 is 9.15 Å². The molecule has 1 N–H and O–H groups in total. The van der Waals surface area contributed by atoms with Gasteiger partial charge in [0.05, 0.1) is 11.1 Å². The molecule has 36 heavy (non-hydrogen) atoms. The summed E-state index contributed by atoms with van der Waals surface area (Å²) < 4.78 is 12.5. The molecule has 9 heteroatoms. The van der Waals surface area contributed by atoms with E-state index in [0.29, 0.717) is 16.9 Å². The molecular weight excluding hydrogens is 526 g/mol. The van der Waals surface area contributed by atoms with E-state index in [9.17, 15) is 14.9 Å². The Bertz CT molecular complexity index is 1630. The molecule has 0 atom stereocenters. The molecule has 0 spiro atoms. The van der Waals surface area contributed by atoms with Gasteiger partial charge in [0, 0.05) is 27.6 Å². The summed E-state index contributed by atoms with van der Waals surface area (Å²) in [5.74, 6) is 0.221. The molecule has 0 saturated heterocycles. The Balaban J connectivity index is 1.37. The van der Waals surface area contributed by atoms with Gasteiger partial charge in [0.15, 0.2) is 5.76 Å². The lowest BCUT2D eigenvalue weighted by Crippen LogP contribution is -2.16. The number of ether oxygens (including phenoxy) is 1. The number of carbonyl (C=O) groups excluding carboxylic acids is 1. The first kappa shape index (κ1) is 23.3. The van der Waals surface area contributed by atoms with Crippen molar-refractivity contribution in [1.29, 1.82) is 0 Å². The van der Waals surface area contributed by atoms with Gasteiger partial charge in [0.2, 0.25) is 0 Å².